The average molecular weight is 290 g/mol. The van der Waals surface area contributed by atoms with E-state index in [0.717, 1.165) is 18.2 Å². The molecule has 0 amide bonds. The fraction of sp³-hybridized carbons (Fsp3) is 0.438. The summed E-state index contributed by atoms with van der Waals surface area (Å²) < 4.78 is 11.0. The van der Waals surface area contributed by atoms with Crippen molar-refractivity contribution >= 4 is 16.6 Å². The SMILES string of the molecule is CCCCCCOc1c(OC)c2ccc(N)cc2[nH]c1=O. The Morgan fingerprint density at radius 2 is 2.00 bits per heavy atom. The molecule has 1 heterocycles. The van der Waals surface area contributed by atoms with Crippen molar-refractivity contribution in [2.24, 2.45) is 0 Å². The Morgan fingerprint density at radius 1 is 1.19 bits per heavy atom. The van der Waals surface area contributed by atoms with Crippen LogP contribution in [0.15, 0.2) is 23.0 Å². The molecule has 5 nitrogen and oxygen atoms in total. The number of nitrogens with two attached hydrogens (primary N) is 1. The molecule has 0 fully saturated rings. The van der Waals surface area contributed by atoms with Crippen LogP contribution in [0.25, 0.3) is 10.9 Å². The maximum atomic E-state index is 12.1. The van der Waals surface area contributed by atoms with E-state index in [1.165, 1.54) is 20.0 Å². The largest absolute Gasteiger partial charge is 0.492 e. The molecule has 5 heteroatoms. The molecule has 0 unspecified atom stereocenters. The predicted molar refractivity (Wildman–Crippen MR) is 85.2 cm³/mol. The number of nitrogens with one attached hydrogen (secondary N) is 1. The van der Waals surface area contributed by atoms with E-state index in [1.54, 1.807) is 12.1 Å². The molecular weight excluding hydrogens is 268 g/mol. The Kier molecular flexibility index (Phi) is 5.09. The summed E-state index contributed by atoms with van der Waals surface area (Å²) >= 11 is 0. The number of aromatic amines is 1. The van der Waals surface area contributed by atoms with E-state index < -0.39 is 0 Å². The lowest BCUT2D eigenvalue weighted by Crippen LogP contribution is -2.14. The van der Waals surface area contributed by atoms with Crippen LogP contribution in [0.3, 0.4) is 0 Å². The van der Waals surface area contributed by atoms with Gasteiger partial charge < -0.3 is 20.2 Å². The molecule has 0 spiro atoms. The van der Waals surface area contributed by atoms with Gasteiger partial charge in [0.1, 0.15) is 0 Å². The quantitative estimate of drug-likeness (QED) is 0.607. The van der Waals surface area contributed by atoms with Crippen LogP contribution in [0.4, 0.5) is 5.69 Å². The maximum Gasteiger partial charge on any atom is 0.294 e. The summed E-state index contributed by atoms with van der Waals surface area (Å²) in [6, 6.07) is 5.31. The second-order valence-electron chi connectivity index (χ2n) is 5.03. The second kappa shape index (κ2) is 7.02. The van der Waals surface area contributed by atoms with Gasteiger partial charge in [0.05, 0.1) is 19.2 Å². The van der Waals surface area contributed by atoms with Gasteiger partial charge in [-0.25, -0.2) is 0 Å². The van der Waals surface area contributed by atoms with Gasteiger partial charge in [0.15, 0.2) is 5.75 Å². The van der Waals surface area contributed by atoms with Crippen molar-refractivity contribution in [2.45, 2.75) is 32.6 Å². The number of pyridine rings is 1. The van der Waals surface area contributed by atoms with Gasteiger partial charge >= 0.3 is 0 Å². The first-order chi connectivity index (χ1) is 10.2. The molecule has 0 aliphatic rings. The highest BCUT2D eigenvalue weighted by Crippen LogP contribution is 2.32. The van der Waals surface area contributed by atoms with Crippen molar-refractivity contribution in [1.82, 2.24) is 4.98 Å². The number of nitrogen functional groups attached to an aromatic ring is 1. The van der Waals surface area contributed by atoms with E-state index in [-0.39, 0.29) is 11.3 Å². The molecular formula is C16H22N2O3. The summed E-state index contributed by atoms with van der Waals surface area (Å²) in [5.74, 6) is 0.704. The van der Waals surface area contributed by atoms with Gasteiger partial charge in [0.25, 0.3) is 5.56 Å². The van der Waals surface area contributed by atoms with Crippen molar-refractivity contribution in [3.05, 3.63) is 28.6 Å². The van der Waals surface area contributed by atoms with Crippen LogP contribution in [0.5, 0.6) is 11.5 Å². The average Bonchev–Trinajstić information content (AvgIpc) is 2.47. The minimum Gasteiger partial charge on any atom is -0.492 e. The molecule has 1 aromatic carbocycles. The Bertz CT molecular complexity index is 664. The van der Waals surface area contributed by atoms with Crippen LogP contribution in [0, 0.1) is 0 Å². The Hall–Kier alpha value is -2.17. The number of ether oxygens (including phenoxy) is 2. The number of hydrogen-bond donors (Lipinski definition) is 2. The van der Waals surface area contributed by atoms with E-state index in [2.05, 4.69) is 11.9 Å². The minimum absolute atomic E-state index is 0.242. The number of rotatable bonds is 7. The fourth-order valence-corrected chi connectivity index (χ4v) is 2.30. The summed E-state index contributed by atoms with van der Waals surface area (Å²) in [5.41, 5.74) is 6.68. The van der Waals surface area contributed by atoms with E-state index in [1.807, 2.05) is 6.07 Å². The lowest BCUT2D eigenvalue weighted by molar-refractivity contribution is 0.282. The molecule has 0 atom stereocenters. The number of unbranched alkanes of at least 4 members (excludes halogenated alkanes) is 3. The van der Waals surface area contributed by atoms with Gasteiger partial charge in [-0.05, 0) is 24.6 Å². The lowest BCUT2D eigenvalue weighted by atomic mass is 10.1. The third-order valence-corrected chi connectivity index (χ3v) is 3.40. The first-order valence-electron chi connectivity index (χ1n) is 7.29. The summed E-state index contributed by atoms with van der Waals surface area (Å²) in [5, 5.41) is 0.787. The molecule has 114 valence electrons. The first-order valence-corrected chi connectivity index (χ1v) is 7.29. The Balaban J connectivity index is 2.28. The number of hydrogen-bond acceptors (Lipinski definition) is 4. The summed E-state index contributed by atoms with van der Waals surface area (Å²) in [6.07, 6.45) is 4.37. The predicted octanol–water partition coefficient (Wildman–Crippen LogP) is 3.08. The van der Waals surface area contributed by atoms with Crippen LogP contribution >= 0.6 is 0 Å². The number of benzene rings is 1. The molecule has 3 N–H and O–H groups in total. The van der Waals surface area contributed by atoms with E-state index >= 15 is 0 Å². The highest BCUT2D eigenvalue weighted by molar-refractivity contribution is 5.89. The zero-order valence-electron chi connectivity index (χ0n) is 12.6. The smallest absolute Gasteiger partial charge is 0.294 e. The normalized spacial score (nSPS) is 10.8. The number of H-pyrrole nitrogens is 1. The molecule has 21 heavy (non-hydrogen) atoms. The fourth-order valence-electron chi connectivity index (χ4n) is 2.30. The number of fused-ring (bicyclic) bond motifs is 1. The van der Waals surface area contributed by atoms with Crippen LogP contribution < -0.4 is 20.8 Å². The number of methoxy groups -OCH3 is 1. The van der Waals surface area contributed by atoms with Crippen LogP contribution in [-0.4, -0.2) is 18.7 Å². The van der Waals surface area contributed by atoms with E-state index in [9.17, 15) is 4.79 Å². The lowest BCUT2D eigenvalue weighted by Gasteiger charge is -2.12. The highest BCUT2D eigenvalue weighted by atomic mass is 16.5. The standard InChI is InChI=1S/C16H22N2O3/c1-3-4-5-6-9-21-15-14(20-2)12-8-7-11(17)10-13(12)18-16(15)19/h7-8,10H,3-6,9,17H2,1-2H3,(H,18,19). The number of anilines is 1. The van der Waals surface area contributed by atoms with E-state index in [0.29, 0.717) is 23.6 Å². The van der Waals surface area contributed by atoms with Crippen molar-refractivity contribution in [2.75, 3.05) is 19.5 Å². The monoisotopic (exact) mass is 290 g/mol. The zero-order valence-corrected chi connectivity index (χ0v) is 12.6. The van der Waals surface area contributed by atoms with Gasteiger partial charge in [0.2, 0.25) is 5.75 Å². The van der Waals surface area contributed by atoms with Crippen molar-refractivity contribution in [1.29, 1.82) is 0 Å². The molecule has 0 saturated heterocycles. The van der Waals surface area contributed by atoms with Gasteiger partial charge in [-0.3, -0.25) is 4.79 Å². The molecule has 0 saturated carbocycles. The third-order valence-electron chi connectivity index (χ3n) is 3.40. The maximum absolute atomic E-state index is 12.1. The summed E-state index contributed by atoms with van der Waals surface area (Å²) in [6.45, 7) is 2.67. The summed E-state index contributed by atoms with van der Waals surface area (Å²) in [7, 11) is 1.54. The van der Waals surface area contributed by atoms with Crippen molar-refractivity contribution < 1.29 is 9.47 Å². The Labute approximate surface area is 124 Å². The Morgan fingerprint density at radius 3 is 2.71 bits per heavy atom. The van der Waals surface area contributed by atoms with Gasteiger partial charge in [-0.1, -0.05) is 26.2 Å². The first kappa shape index (κ1) is 15.2. The molecule has 2 rings (SSSR count). The van der Waals surface area contributed by atoms with Gasteiger partial charge in [0, 0.05) is 11.1 Å². The topological polar surface area (TPSA) is 77.3 Å². The van der Waals surface area contributed by atoms with Gasteiger partial charge in [-0.15, -0.1) is 0 Å². The number of aromatic nitrogens is 1. The highest BCUT2D eigenvalue weighted by Gasteiger charge is 2.14. The molecule has 0 radical (unpaired) electrons. The molecule has 0 aliphatic heterocycles. The van der Waals surface area contributed by atoms with Crippen molar-refractivity contribution in [3.63, 3.8) is 0 Å². The van der Waals surface area contributed by atoms with Crippen LogP contribution in [-0.2, 0) is 0 Å². The van der Waals surface area contributed by atoms with Crippen LogP contribution in [0.1, 0.15) is 32.6 Å². The minimum atomic E-state index is -0.291. The molecule has 2 aromatic rings. The zero-order chi connectivity index (χ0) is 15.2. The van der Waals surface area contributed by atoms with Crippen molar-refractivity contribution in [3.8, 4) is 11.5 Å². The van der Waals surface area contributed by atoms with E-state index in [4.69, 9.17) is 15.2 Å². The molecule has 0 aliphatic carbocycles. The second-order valence-corrected chi connectivity index (χ2v) is 5.03. The summed E-state index contributed by atoms with van der Waals surface area (Å²) in [4.78, 5) is 14.9. The van der Waals surface area contributed by atoms with Gasteiger partial charge in [-0.2, -0.15) is 0 Å². The van der Waals surface area contributed by atoms with Crippen LogP contribution in [0.2, 0.25) is 0 Å². The molecule has 0 bridgehead atoms. The molecule has 1 aromatic heterocycles. The third kappa shape index (κ3) is 3.48.